The lowest BCUT2D eigenvalue weighted by Crippen LogP contribution is -1.98. The molecular weight excluding hydrogens is 232 g/mol. The monoisotopic (exact) mass is 240 g/mol. The van der Waals surface area contributed by atoms with E-state index in [9.17, 15) is 4.79 Å². The van der Waals surface area contributed by atoms with E-state index >= 15 is 0 Å². The molecular formula is C10H9BrO2. The van der Waals surface area contributed by atoms with E-state index in [2.05, 4.69) is 20.7 Å². The number of ether oxygens (including phenoxy) is 1. The second kappa shape index (κ2) is 4.82. The Morgan fingerprint density at radius 3 is 2.54 bits per heavy atom. The molecule has 68 valence electrons. The summed E-state index contributed by atoms with van der Waals surface area (Å²) in [6.07, 6.45) is 1.71. The van der Waals surface area contributed by atoms with Gasteiger partial charge in [0.15, 0.2) is 0 Å². The largest absolute Gasteiger partial charge is 0.465 e. The molecule has 0 heterocycles. The summed E-state index contributed by atoms with van der Waals surface area (Å²) in [7, 11) is 1.35. The molecule has 0 bridgehead atoms. The van der Waals surface area contributed by atoms with Crippen LogP contribution in [0.4, 0.5) is 0 Å². The molecule has 3 heteroatoms. The van der Waals surface area contributed by atoms with Crippen molar-refractivity contribution in [2.75, 3.05) is 7.11 Å². The van der Waals surface area contributed by atoms with Crippen molar-refractivity contribution < 1.29 is 9.53 Å². The SMILES string of the molecule is COC(=O)/C(Br)=C\c1ccccc1. The summed E-state index contributed by atoms with van der Waals surface area (Å²) < 4.78 is 4.95. The van der Waals surface area contributed by atoms with Crippen molar-refractivity contribution in [3.8, 4) is 0 Å². The Hall–Kier alpha value is -1.09. The van der Waals surface area contributed by atoms with Gasteiger partial charge in [0.25, 0.3) is 0 Å². The van der Waals surface area contributed by atoms with Gasteiger partial charge in [-0.05, 0) is 27.6 Å². The van der Waals surface area contributed by atoms with Gasteiger partial charge in [-0.1, -0.05) is 30.3 Å². The minimum Gasteiger partial charge on any atom is -0.465 e. The molecule has 2 nitrogen and oxygen atoms in total. The molecule has 0 aliphatic carbocycles. The van der Waals surface area contributed by atoms with Crippen LogP contribution in [0.25, 0.3) is 6.08 Å². The highest BCUT2D eigenvalue weighted by molar-refractivity contribution is 9.12. The molecule has 0 N–H and O–H groups in total. The van der Waals surface area contributed by atoms with Gasteiger partial charge in [0.1, 0.15) is 4.48 Å². The van der Waals surface area contributed by atoms with Crippen molar-refractivity contribution in [3.63, 3.8) is 0 Å². The lowest BCUT2D eigenvalue weighted by atomic mass is 10.2. The topological polar surface area (TPSA) is 26.3 Å². The van der Waals surface area contributed by atoms with E-state index < -0.39 is 0 Å². The first-order chi connectivity index (χ1) is 6.24. The molecule has 0 amide bonds. The zero-order valence-corrected chi connectivity index (χ0v) is 8.74. The van der Waals surface area contributed by atoms with Gasteiger partial charge in [0.05, 0.1) is 7.11 Å². The Balaban J connectivity index is 2.83. The summed E-state index contributed by atoms with van der Waals surface area (Å²) >= 11 is 3.13. The minimum atomic E-state index is -0.371. The third-order valence-corrected chi connectivity index (χ3v) is 2.03. The Morgan fingerprint density at radius 2 is 2.00 bits per heavy atom. The van der Waals surface area contributed by atoms with Crippen molar-refractivity contribution in [1.82, 2.24) is 0 Å². The molecule has 0 saturated heterocycles. The second-order valence-electron chi connectivity index (χ2n) is 2.39. The molecule has 0 unspecified atom stereocenters. The summed E-state index contributed by atoms with van der Waals surface area (Å²) in [6, 6.07) is 9.55. The van der Waals surface area contributed by atoms with Crippen LogP contribution in [0.1, 0.15) is 5.56 Å². The summed E-state index contributed by atoms with van der Waals surface area (Å²) in [5.41, 5.74) is 0.958. The van der Waals surface area contributed by atoms with Crippen molar-refractivity contribution in [2.45, 2.75) is 0 Å². The number of hydrogen-bond donors (Lipinski definition) is 0. The van der Waals surface area contributed by atoms with Gasteiger partial charge >= 0.3 is 5.97 Å². The van der Waals surface area contributed by atoms with E-state index in [1.54, 1.807) is 6.08 Å². The molecule has 1 aromatic carbocycles. The zero-order valence-electron chi connectivity index (χ0n) is 7.16. The van der Waals surface area contributed by atoms with Crippen molar-refractivity contribution in [1.29, 1.82) is 0 Å². The molecule has 0 fully saturated rings. The van der Waals surface area contributed by atoms with Crippen molar-refractivity contribution in [3.05, 3.63) is 40.4 Å². The maximum atomic E-state index is 11.0. The van der Waals surface area contributed by atoms with Crippen LogP contribution in [0.5, 0.6) is 0 Å². The van der Waals surface area contributed by atoms with Gasteiger partial charge in [-0.15, -0.1) is 0 Å². The molecule has 0 aromatic heterocycles. The van der Waals surface area contributed by atoms with E-state index in [4.69, 9.17) is 0 Å². The van der Waals surface area contributed by atoms with Gasteiger partial charge in [-0.2, -0.15) is 0 Å². The third-order valence-electron chi connectivity index (χ3n) is 1.47. The van der Waals surface area contributed by atoms with Crippen molar-refractivity contribution in [2.24, 2.45) is 0 Å². The average molecular weight is 241 g/mol. The van der Waals surface area contributed by atoms with Gasteiger partial charge in [-0.3, -0.25) is 0 Å². The lowest BCUT2D eigenvalue weighted by molar-refractivity contribution is -0.135. The van der Waals surface area contributed by atoms with E-state index in [-0.39, 0.29) is 5.97 Å². The van der Waals surface area contributed by atoms with Crippen LogP contribution in [-0.2, 0) is 9.53 Å². The Morgan fingerprint density at radius 1 is 1.38 bits per heavy atom. The van der Waals surface area contributed by atoms with Gasteiger partial charge in [0, 0.05) is 0 Å². The fourth-order valence-corrected chi connectivity index (χ4v) is 1.28. The molecule has 0 aliphatic rings. The predicted octanol–water partition coefficient (Wildman–Crippen LogP) is 2.60. The fraction of sp³-hybridized carbons (Fsp3) is 0.100. The number of rotatable bonds is 2. The van der Waals surface area contributed by atoms with Crippen LogP contribution in [-0.4, -0.2) is 13.1 Å². The maximum Gasteiger partial charge on any atom is 0.344 e. The highest BCUT2D eigenvalue weighted by atomic mass is 79.9. The van der Waals surface area contributed by atoms with E-state index in [1.165, 1.54) is 7.11 Å². The first-order valence-corrected chi connectivity index (χ1v) is 4.54. The van der Waals surface area contributed by atoms with E-state index in [1.807, 2.05) is 30.3 Å². The summed E-state index contributed by atoms with van der Waals surface area (Å²) in [6.45, 7) is 0. The van der Waals surface area contributed by atoms with Crippen LogP contribution in [0, 0.1) is 0 Å². The summed E-state index contributed by atoms with van der Waals surface area (Å²) in [4.78, 5) is 11.0. The van der Waals surface area contributed by atoms with Crippen LogP contribution < -0.4 is 0 Å². The van der Waals surface area contributed by atoms with Gasteiger partial charge in [0.2, 0.25) is 0 Å². The highest BCUT2D eigenvalue weighted by Gasteiger charge is 2.03. The molecule has 0 radical (unpaired) electrons. The van der Waals surface area contributed by atoms with Crippen LogP contribution >= 0.6 is 15.9 Å². The Bertz CT molecular complexity index is 317. The number of hydrogen-bond acceptors (Lipinski definition) is 2. The molecule has 0 spiro atoms. The zero-order chi connectivity index (χ0) is 9.68. The van der Waals surface area contributed by atoms with Gasteiger partial charge in [-0.25, -0.2) is 4.79 Å². The Labute approximate surface area is 85.3 Å². The lowest BCUT2D eigenvalue weighted by Gasteiger charge is -1.96. The van der Waals surface area contributed by atoms with E-state index in [0.717, 1.165) is 5.56 Å². The highest BCUT2D eigenvalue weighted by Crippen LogP contribution is 2.12. The molecule has 0 atom stereocenters. The smallest absolute Gasteiger partial charge is 0.344 e. The van der Waals surface area contributed by atoms with Crippen LogP contribution in [0.2, 0.25) is 0 Å². The minimum absolute atomic E-state index is 0.371. The first-order valence-electron chi connectivity index (χ1n) is 3.74. The maximum absolute atomic E-state index is 11.0. The summed E-state index contributed by atoms with van der Waals surface area (Å²) in [5.74, 6) is -0.371. The van der Waals surface area contributed by atoms with Crippen LogP contribution in [0.15, 0.2) is 34.8 Å². The molecule has 0 saturated carbocycles. The molecule has 1 aromatic rings. The number of carbonyl (C=O) groups is 1. The quantitative estimate of drug-likeness (QED) is 0.587. The second-order valence-corrected chi connectivity index (χ2v) is 3.25. The Kier molecular flexibility index (Phi) is 3.71. The number of esters is 1. The third kappa shape index (κ3) is 3.03. The average Bonchev–Trinajstić information content (AvgIpc) is 2.18. The molecule has 1 rings (SSSR count). The summed E-state index contributed by atoms with van der Waals surface area (Å²) in [5, 5.41) is 0. The first kappa shape index (κ1) is 9.99. The normalized spacial score (nSPS) is 11.1. The number of benzene rings is 1. The van der Waals surface area contributed by atoms with Crippen LogP contribution in [0.3, 0.4) is 0 Å². The number of methoxy groups -OCH3 is 1. The van der Waals surface area contributed by atoms with Crippen molar-refractivity contribution >= 4 is 28.0 Å². The molecule has 0 aliphatic heterocycles. The fourth-order valence-electron chi connectivity index (χ4n) is 0.852. The number of halogens is 1. The predicted molar refractivity (Wildman–Crippen MR) is 55.4 cm³/mol. The van der Waals surface area contributed by atoms with Gasteiger partial charge < -0.3 is 4.74 Å². The molecule has 13 heavy (non-hydrogen) atoms. The van der Waals surface area contributed by atoms with E-state index in [0.29, 0.717) is 4.48 Å². The standard InChI is InChI=1S/C10H9BrO2/c1-13-10(12)9(11)7-8-5-3-2-4-6-8/h2-7H,1H3/b9-7+. The number of carbonyl (C=O) groups excluding carboxylic acids is 1.